The first kappa shape index (κ1) is 45.6. The highest BCUT2D eigenvalue weighted by Gasteiger charge is 2.44. The molecule has 0 saturated heterocycles. The second-order valence-electron chi connectivity index (χ2n) is 21.1. The van der Waals surface area contributed by atoms with E-state index in [1.165, 1.54) is 46.3 Å². The van der Waals surface area contributed by atoms with Crippen molar-refractivity contribution in [2.24, 2.45) is 22.2 Å². The molecule has 0 saturated carbocycles. The molecule has 0 N–H and O–H groups in total. The molecule has 3 nitrogen and oxygen atoms in total. The summed E-state index contributed by atoms with van der Waals surface area (Å²) in [5.74, 6) is 4.97. The van der Waals surface area contributed by atoms with Crippen molar-refractivity contribution in [3.8, 4) is 0 Å². The van der Waals surface area contributed by atoms with Crippen LogP contribution in [0.15, 0.2) is 100 Å². The zero-order valence-corrected chi connectivity index (χ0v) is 38.7. The van der Waals surface area contributed by atoms with E-state index in [4.69, 9.17) is 11.0 Å². The summed E-state index contributed by atoms with van der Waals surface area (Å²) in [5, 5.41) is 0. The van der Waals surface area contributed by atoms with Crippen molar-refractivity contribution < 1.29 is 4.42 Å². The predicted molar refractivity (Wildman–Crippen MR) is 248 cm³/mol. The van der Waals surface area contributed by atoms with Crippen LogP contribution in [0.5, 0.6) is 0 Å². The number of nitrogens with zero attached hydrogens (tertiary/aromatic N) is 2. The van der Waals surface area contributed by atoms with Crippen molar-refractivity contribution in [1.82, 2.24) is 4.90 Å². The maximum Gasteiger partial charge on any atom is 0.191 e. The molecule has 1 radical (unpaired) electrons. The van der Waals surface area contributed by atoms with Crippen LogP contribution in [0, 0.1) is 22.2 Å². The molecular formula is C52H80BN2O. The molecule has 56 heavy (non-hydrogen) atoms. The normalized spacial score (nSPS) is 25.4. The third-order valence-corrected chi connectivity index (χ3v) is 13.4. The van der Waals surface area contributed by atoms with Gasteiger partial charge in [-0.2, -0.15) is 0 Å². The zero-order chi connectivity index (χ0) is 41.9. The predicted octanol–water partition coefficient (Wildman–Crippen LogP) is 14.4. The first-order chi connectivity index (χ1) is 26.0. The minimum Gasteiger partial charge on any atom is -0.445 e. The van der Waals surface area contributed by atoms with E-state index in [0.717, 1.165) is 62.3 Å². The van der Waals surface area contributed by atoms with E-state index < -0.39 is 0 Å². The molecule has 1 aliphatic heterocycles. The van der Waals surface area contributed by atoms with Crippen LogP contribution in [0.4, 0.5) is 5.88 Å². The Labute approximate surface area is 346 Å². The summed E-state index contributed by atoms with van der Waals surface area (Å²) in [6.45, 7) is 45.2. The van der Waals surface area contributed by atoms with Crippen molar-refractivity contribution in [2.45, 2.75) is 179 Å². The molecule has 4 heteroatoms. The summed E-state index contributed by atoms with van der Waals surface area (Å²) >= 11 is 0. The molecule has 0 aromatic carbocycles. The summed E-state index contributed by atoms with van der Waals surface area (Å²) in [7, 11) is 2.39. The molecule has 1 aromatic rings. The Morgan fingerprint density at radius 2 is 1.57 bits per heavy atom. The lowest BCUT2D eigenvalue weighted by molar-refractivity contribution is 0.240. The van der Waals surface area contributed by atoms with Gasteiger partial charge in [0.1, 0.15) is 5.76 Å². The van der Waals surface area contributed by atoms with Gasteiger partial charge < -0.3 is 14.2 Å². The Morgan fingerprint density at radius 3 is 2.16 bits per heavy atom. The van der Waals surface area contributed by atoms with Crippen molar-refractivity contribution in [3.63, 3.8) is 0 Å². The number of hydrogen-bond donors (Lipinski definition) is 0. The van der Waals surface area contributed by atoms with Gasteiger partial charge in [-0.25, -0.2) is 0 Å². The van der Waals surface area contributed by atoms with Crippen LogP contribution in [-0.4, -0.2) is 24.8 Å². The smallest absolute Gasteiger partial charge is 0.191 e. The maximum absolute atomic E-state index is 7.22. The first-order valence-electron chi connectivity index (χ1n) is 22.0. The molecular weight excluding hydrogens is 679 g/mol. The number of fused-ring (bicyclic) bond motifs is 3. The lowest BCUT2D eigenvalue weighted by atomic mass is 9.58. The van der Waals surface area contributed by atoms with Gasteiger partial charge in [0.05, 0.1) is 6.04 Å². The van der Waals surface area contributed by atoms with E-state index in [1.807, 2.05) is 0 Å². The van der Waals surface area contributed by atoms with E-state index in [9.17, 15) is 0 Å². The Kier molecular flexibility index (Phi) is 14.5. The van der Waals surface area contributed by atoms with Crippen molar-refractivity contribution in [1.29, 1.82) is 0 Å². The standard InChI is InChI=1S/C52H80BN2O/c1-18-40(39(7)50(12,13)20-3)35-42-36-53-45-44-46(52(16,17)32-31-51(44,14)15)56-47(45)55(41(19-2)24-21-23-37(4)5)34-22-33-54(42)43-26-28-49(10,11)30-29-48(8,9)27-25-38(43)6/h19,21-23,25-26,33,35-37,41H,2,7,18,20,24,27-32,34H2,1,3-6,8-17H3/b23-21+,33-22+,38-25-,40-35-,42-36-,43-26+. The molecule has 3 aliphatic rings. The summed E-state index contributed by atoms with van der Waals surface area (Å²) in [6, 6.07) is 0.0701. The largest absolute Gasteiger partial charge is 0.445 e. The van der Waals surface area contributed by atoms with Crippen LogP contribution in [0.1, 0.15) is 173 Å². The van der Waals surface area contributed by atoms with Gasteiger partial charge in [0.25, 0.3) is 0 Å². The van der Waals surface area contributed by atoms with Crippen LogP contribution >= 0.6 is 0 Å². The van der Waals surface area contributed by atoms with Gasteiger partial charge in [-0.3, -0.25) is 0 Å². The molecule has 307 valence electrons. The van der Waals surface area contributed by atoms with E-state index >= 15 is 0 Å². The van der Waals surface area contributed by atoms with Crippen LogP contribution in [0.2, 0.25) is 0 Å². The molecule has 1 aromatic heterocycles. The van der Waals surface area contributed by atoms with Gasteiger partial charge in [0.15, 0.2) is 13.2 Å². The van der Waals surface area contributed by atoms with Gasteiger partial charge in [0.2, 0.25) is 0 Å². The third kappa shape index (κ3) is 10.7. The molecule has 2 heterocycles. The lowest BCUT2D eigenvalue weighted by Crippen LogP contribution is -2.41. The number of rotatable bonds is 11. The molecule has 0 amide bonds. The van der Waals surface area contributed by atoms with Gasteiger partial charge in [0, 0.05) is 29.6 Å². The highest BCUT2D eigenvalue weighted by molar-refractivity contribution is 6.61. The SMILES string of the molecule is C=CC(C/C=C/C(C)C)N1C/C=C/N(C2=C/CC(C)(C)CCC(C)(C)C/C=C\2C)C(/C=C(/CC)C(=C)C(C)(C)CC)=C\[B]c2c1oc1c2C(C)(C)CCC1(C)C. The highest BCUT2D eigenvalue weighted by Crippen LogP contribution is 2.48. The summed E-state index contributed by atoms with van der Waals surface area (Å²) in [4.78, 5) is 4.96. The van der Waals surface area contributed by atoms with Crippen LogP contribution < -0.4 is 10.4 Å². The molecule has 0 bridgehead atoms. The Bertz CT molecular complexity index is 1760. The Balaban J connectivity index is 2.08. The second kappa shape index (κ2) is 17.8. The maximum atomic E-state index is 7.22. The third-order valence-electron chi connectivity index (χ3n) is 13.4. The molecule has 4 rings (SSSR count). The summed E-state index contributed by atoms with van der Waals surface area (Å²) < 4.78 is 7.22. The van der Waals surface area contributed by atoms with Crippen LogP contribution in [0.25, 0.3) is 0 Å². The fourth-order valence-corrected chi connectivity index (χ4v) is 8.43. The number of anilines is 1. The minimum atomic E-state index is -0.0602. The first-order valence-corrected chi connectivity index (χ1v) is 22.0. The number of allylic oxidation sites excluding steroid dienone is 7. The molecule has 0 fully saturated rings. The fourth-order valence-electron chi connectivity index (χ4n) is 8.43. The summed E-state index contributed by atoms with van der Waals surface area (Å²) in [6.07, 6.45) is 28.4. The molecule has 2 aliphatic carbocycles. The van der Waals surface area contributed by atoms with Gasteiger partial charge >= 0.3 is 0 Å². The second-order valence-corrected chi connectivity index (χ2v) is 21.1. The molecule has 1 atom stereocenters. The monoisotopic (exact) mass is 760 g/mol. The van der Waals surface area contributed by atoms with E-state index in [1.54, 1.807) is 0 Å². The zero-order valence-electron chi connectivity index (χ0n) is 38.7. The fraction of sp³-hybridized carbons (Fsp3) is 0.615. The Morgan fingerprint density at radius 1 is 0.946 bits per heavy atom. The van der Waals surface area contributed by atoms with Crippen LogP contribution in [-0.2, 0) is 10.8 Å². The molecule has 0 spiro atoms. The lowest BCUT2D eigenvalue weighted by Gasteiger charge is -2.38. The summed E-state index contributed by atoms with van der Waals surface area (Å²) in [5.41, 5.74) is 9.19. The Hall–Kier alpha value is -3.14. The van der Waals surface area contributed by atoms with Gasteiger partial charge in [-0.15, -0.1) is 6.58 Å². The average Bonchev–Trinajstić information content (AvgIpc) is 3.53. The number of furan rings is 1. The van der Waals surface area contributed by atoms with Crippen molar-refractivity contribution in [3.05, 3.63) is 107 Å². The minimum absolute atomic E-state index is 0.000492. The topological polar surface area (TPSA) is 19.6 Å². The molecule has 1 unspecified atom stereocenters. The highest BCUT2D eigenvalue weighted by atomic mass is 16.4. The van der Waals surface area contributed by atoms with Gasteiger partial charge in [-0.1, -0.05) is 140 Å². The quantitative estimate of drug-likeness (QED) is 0.127. The van der Waals surface area contributed by atoms with Gasteiger partial charge in [-0.05, 0) is 132 Å². The van der Waals surface area contributed by atoms with E-state index in [0.29, 0.717) is 12.5 Å². The van der Waals surface area contributed by atoms with E-state index in [2.05, 4.69) is 182 Å². The van der Waals surface area contributed by atoms with Crippen molar-refractivity contribution in [2.75, 3.05) is 11.4 Å². The number of hydrogen-bond acceptors (Lipinski definition) is 3. The van der Waals surface area contributed by atoms with E-state index in [-0.39, 0.29) is 33.1 Å². The van der Waals surface area contributed by atoms with Crippen molar-refractivity contribution >= 4 is 18.6 Å². The van der Waals surface area contributed by atoms with Crippen LogP contribution in [0.3, 0.4) is 0 Å². The average molecular weight is 760 g/mol.